The zero-order valence-corrected chi connectivity index (χ0v) is 13.4. The smallest absolute Gasteiger partial charge is 0.227 e. The van der Waals surface area contributed by atoms with Gasteiger partial charge in [0, 0.05) is 24.7 Å². The van der Waals surface area contributed by atoms with E-state index in [0.717, 1.165) is 24.2 Å². The van der Waals surface area contributed by atoms with Gasteiger partial charge in [0.2, 0.25) is 5.91 Å². The fourth-order valence-electron chi connectivity index (χ4n) is 2.31. The van der Waals surface area contributed by atoms with E-state index in [-0.39, 0.29) is 5.91 Å². The predicted octanol–water partition coefficient (Wildman–Crippen LogP) is 2.09. The molecule has 5 heteroatoms. The molecule has 1 rings (SSSR count). The van der Waals surface area contributed by atoms with Crippen LogP contribution in [0.25, 0.3) is 0 Å². The topological polar surface area (TPSA) is 73.6 Å². The molecule has 1 aromatic carbocycles. The molecule has 0 aromatic heterocycles. The summed E-state index contributed by atoms with van der Waals surface area (Å²) in [5, 5.41) is 2.97. The summed E-state index contributed by atoms with van der Waals surface area (Å²) >= 11 is 0. The summed E-state index contributed by atoms with van der Waals surface area (Å²) in [6, 6.07) is 5.54. The molecule has 0 atom stereocenters. The SMILES string of the molecule is CCC(CC)(CN)C(=O)NCc1ccc(OC)cc1OC. The second kappa shape index (κ2) is 7.88. The Hall–Kier alpha value is -1.75. The van der Waals surface area contributed by atoms with Gasteiger partial charge >= 0.3 is 0 Å². The van der Waals surface area contributed by atoms with Crippen LogP contribution in [0.15, 0.2) is 18.2 Å². The Kier molecular flexibility index (Phi) is 6.49. The van der Waals surface area contributed by atoms with Crippen molar-refractivity contribution in [3.8, 4) is 11.5 Å². The first-order valence-electron chi connectivity index (χ1n) is 7.26. The van der Waals surface area contributed by atoms with E-state index in [4.69, 9.17) is 15.2 Å². The van der Waals surface area contributed by atoms with E-state index >= 15 is 0 Å². The largest absolute Gasteiger partial charge is 0.497 e. The van der Waals surface area contributed by atoms with Crippen molar-refractivity contribution in [3.63, 3.8) is 0 Å². The van der Waals surface area contributed by atoms with Crippen LogP contribution in [0.5, 0.6) is 11.5 Å². The minimum absolute atomic E-state index is 0.00660. The molecule has 118 valence electrons. The second-order valence-electron chi connectivity index (χ2n) is 5.05. The number of nitrogens with two attached hydrogens (primary N) is 1. The number of amides is 1. The van der Waals surface area contributed by atoms with Crippen LogP contribution < -0.4 is 20.5 Å². The molecule has 1 aromatic rings. The second-order valence-corrected chi connectivity index (χ2v) is 5.05. The summed E-state index contributed by atoms with van der Waals surface area (Å²) in [4.78, 5) is 12.4. The quantitative estimate of drug-likeness (QED) is 0.770. The third kappa shape index (κ3) is 3.88. The van der Waals surface area contributed by atoms with Gasteiger partial charge < -0.3 is 20.5 Å². The number of carbonyl (C=O) groups excluding carboxylic acids is 1. The molecule has 0 spiro atoms. The highest BCUT2D eigenvalue weighted by molar-refractivity contribution is 5.82. The van der Waals surface area contributed by atoms with Crippen LogP contribution in [-0.4, -0.2) is 26.7 Å². The number of hydrogen-bond acceptors (Lipinski definition) is 4. The van der Waals surface area contributed by atoms with Gasteiger partial charge in [0.1, 0.15) is 11.5 Å². The zero-order chi connectivity index (χ0) is 15.9. The van der Waals surface area contributed by atoms with Gasteiger partial charge in [-0.25, -0.2) is 0 Å². The van der Waals surface area contributed by atoms with Gasteiger partial charge in [-0.15, -0.1) is 0 Å². The highest BCUT2D eigenvalue weighted by Gasteiger charge is 2.33. The first-order valence-corrected chi connectivity index (χ1v) is 7.26. The lowest BCUT2D eigenvalue weighted by atomic mass is 9.81. The highest BCUT2D eigenvalue weighted by atomic mass is 16.5. The van der Waals surface area contributed by atoms with Gasteiger partial charge in [-0.2, -0.15) is 0 Å². The summed E-state index contributed by atoms with van der Waals surface area (Å²) in [5.41, 5.74) is 6.21. The predicted molar refractivity (Wildman–Crippen MR) is 83.5 cm³/mol. The van der Waals surface area contributed by atoms with Gasteiger partial charge in [-0.3, -0.25) is 4.79 Å². The zero-order valence-electron chi connectivity index (χ0n) is 13.4. The lowest BCUT2D eigenvalue weighted by Gasteiger charge is -2.28. The number of hydrogen-bond donors (Lipinski definition) is 2. The molecule has 5 nitrogen and oxygen atoms in total. The molecule has 3 N–H and O–H groups in total. The average molecular weight is 294 g/mol. The number of methoxy groups -OCH3 is 2. The van der Waals surface area contributed by atoms with Crippen molar-refractivity contribution in [2.24, 2.45) is 11.1 Å². The molecule has 0 aliphatic heterocycles. The minimum Gasteiger partial charge on any atom is -0.497 e. The standard InChI is InChI=1S/C16H26N2O3/c1-5-16(6-2,11-17)15(19)18-10-12-7-8-13(20-3)9-14(12)21-4/h7-9H,5-6,10-11,17H2,1-4H3,(H,18,19). The van der Waals surface area contributed by atoms with Crippen molar-refractivity contribution >= 4 is 5.91 Å². The minimum atomic E-state index is -0.486. The summed E-state index contributed by atoms with van der Waals surface area (Å²) in [6.45, 7) is 4.74. The van der Waals surface area contributed by atoms with Crippen LogP contribution in [0, 0.1) is 5.41 Å². The molecule has 0 aliphatic carbocycles. The molecular weight excluding hydrogens is 268 g/mol. The number of carbonyl (C=O) groups is 1. The van der Waals surface area contributed by atoms with Crippen molar-refractivity contribution < 1.29 is 14.3 Å². The molecule has 0 aliphatic rings. The molecule has 0 bridgehead atoms. The average Bonchev–Trinajstić information content (AvgIpc) is 2.54. The van der Waals surface area contributed by atoms with E-state index in [1.807, 2.05) is 26.0 Å². The van der Waals surface area contributed by atoms with Crippen LogP contribution in [0.3, 0.4) is 0 Å². The van der Waals surface area contributed by atoms with Gasteiger partial charge in [0.15, 0.2) is 0 Å². The van der Waals surface area contributed by atoms with E-state index < -0.39 is 5.41 Å². The molecule has 0 saturated carbocycles. The van der Waals surface area contributed by atoms with E-state index in [1.54, 1.807) is 20.3 Å². The summed E-state index contributed by atoms with van der Waals surface area (Å²) in [5.74, 6) is 1.41. The summed E-state index contributed by atoms with van der Waals surface area (Å²) < 4.78 is 10.5. The molecular formula is C16H26N2O3. The van der Waals surface area contributed by atoms with Gasteiger partial charge in [-0.05, 0) is 25.0 Å². The Bertz CT molecular complexity index is 462. The molecule has 1 amide bonds. The van der Waals surface area contributed by atoms with E-state index in [2.05, 4.69) is 5.32 Å². The Labute approximate surface area is 126 Å². The van der Waals surface area contributed by atoms with Crippen LogP contribution in [0.4, 0.5) is 0 Å². The van der Waals surface area contributed by atoms with Crippen molar-refractivity contribution in [2.75, 3.05) is 20.8 Å². The van der Waals surface area contributed by atoms with Gasteiger partial charge in [-0.1, -0.05) is 13.8 Å². The maximum absolute atomic E-state index is 12.4. The van der Waals surface area contributed by atoms with Gasteiger partial charge in [0.05, 0.1) is 19.6 Å². The van der Waals surface area contributed by atoms with Crippen LogP contribution in [0.2, 0.25) is 0 Å². The number of benzene rings is 1. The number of rotatable bonds is 8. The first kappa shape index (κ1) is 17.3. The normalized spacial score (nSPS) is 11.1. The Balaban J connectivity index is 2.81. The van der Waals surface area contributed by atoms with Crippen molar-refractivity contribution in [1.29, 1.82) is 0 Å². The van der Waals surface area contributed by atoms with E-state index in [9.17, 15) is 4.79 Å². The summed E-state index contributed by atoms with van der Waals surface area (Å²) in [6.07, 6.45) is 1.46. The maximum Gasteiger partial charge on any atom is 0.227 e. The Morgan fingerprint density at radius 1 is 1.24 bits per heavy atom. The Morgan fingerprint density at radius 3 is 2.38 bits per heavy atom. The number of ether oxygens (including phenoxy) is 2. The molecule has 0 saturated heterocycles. The van der Waals surface area contributed by atoms with Crippen molar-refractivity contribution in [3.05, 3.63) is 23.8 Å². The monoisotopic (exact) mass is 294 g/mol. The fourth-order valence-corrected chi connectivity index (χ4v) is 2.31. The van der Waals surface area contributed by atoms with Crippen molar-refractivity contribution in [1.82, 2.24) is 5.32 Å². The van der Waals surface area contributed by atoms with Crippen LogP contribution in [-0.2, 0) is 11.3 Å². The third-order valence-electron chi connectivity index (χ3n) is 4.16. The highest BCUT2D eigenvalue weighted by Crippen LogP contribution is 2.27. The maximum atomic E-state index is 12.4. The third-order valence-corrected chi connectivity index (χ3v) is 4.16. The lowest BCUT2D eigenvalue weighted by molar-refractivity contribution is -0.131. The van der Waals surface area contributed by atoms with Gasteiger partial charge in [0.25, 0.3) is 0 Å². The molecule has 21 heavy (non-hydrogen) atoms. The first-order chi connectivity index (χ1) is 10.1. The summed E-state index contributed by atoms with van der Waals surface area (Å²) in [7, 11) is 3.21. The van der Waals surface area contributed by atoms with Crippen molar-refractivity contribution in [2.45, 2.75) is 33.2 Å². The fraction of sp³-hybridized carbons (Fsp3) is 0.562. The number of nitrogens with one attached hydrogen (secondary N) is 1. The molecule has 0 unspecified atom stereocenters. The molecule has 0 heterocycles. The Morgan fingerprint density at radius 2 is 1.90 bits per heavy atom. The van der Waals surface area contributed by atoms with E-state index in [0.29, 0.717) is 18.8 Å². The molecule has 0 fully saturated rings. The van der Waals surface area contributed by atoms with Crippen LogP contribution >= 0.6 is 0 Å². The van der Waals surface area contributed by atoms with Crippen LogP contribution in [0.1, 0.15) is 32.3 Å². The lowest BCUT2D eigenvalue weighted by Crippen LogP contribution is -2.45. The molecule has 0 radical (unpaired) electrons. The van der Waals surface area contributed by atoms with E-state index in [1.165, 1.54) is 0 Å².